The highest BCUT2D eigenvalue weighted by molar-refractivity contribution is 5.74. The van der Waals surface area contributed by atoms with E-state index in [1.165, 1.54) is 16.8 Å². The average molecular weight is 325 g/mol. The van der Waals surface area contributed by atoms with Crippen LogP contribution in [0.2, 0.25) is 0 Å². The van der Waals surface area contributed by atoms with E-state index in [1.54, 1.807) is 12.1 Å². The van der Waals surface area contributed by atoms with Gasteiger partial charge < -0.3 is 9.80 Å². The Hall–Kier alpha value is -1.91. The molecule has 0 atom stereocenters. The summed E-state index contributed by atoms with van der Waals surface area (Å²) < 4.78 is 13.8. The van der Waals surface area contributed by atoms with Gasteiger partial charge in [-0.3, -0.25) is 4.90 Å². The van der Waals surface area contributed by atoms with Crippen LogP contribution in [0.5, 0.6) is 0 Å². The minimum Gasteiger partial charge on any atom is -0.340 e. The normalized spacial score (nSPS) is 18.3. The molecule has 24 heavy (non-hydrogen) atoms. The van der Waals surface area contributed by atoms with E-state index < -0.39 is 0 Å². The summed E-state index contributed by atoms with van der Waals surface area (Å²) in [7, 11) is 2.18. The van der Waals surface area contributed by atoms with Crippen molar-refractivity contribution in [1.82, 2.24) is 9.80 Å². The van der Waals surface area contributed by atoms with Crippen molar-refractivity contribution >= 4 is 11.4 Å². The quantitative estimate of drug-likeness (QED) is 0.858. The van der Waals surface area contributed by atoms with Gasteiger partial charge in [-0.15, -0.1) is 0 Å². The first kappa shape index (κ1) is 15.6. The molecule has 4 heteroatoms. The largest absolute Gasteiger partial charge is 0.340 e. The van der Waals surface area contributed by atoms with E-state index in [-0.39, 0.29) is 5.82 Å². The number of halogens is 1. The van der Waals surface area contributed by atoms with Gasteiger partial charge in [0.05, 0.1) is 0 Å². The van der Waals surface area contributed by atoms with Gasteiger partial charge in [-0.25, -0.2) is 4.39 Å². The lowest BCUT2D eigenvalue weighted by Gasteiger charge is -2.37. The van der Waals surface area contributed by atoms with Crippen molar-refractivity contribution in [2.24, 2.45) is 0 Å². The molecular weight excluding hydrogens is 301 g/mol. The number of hydrogen-bond acceptors (Lipinski definition) is 3. The Bertz CT molecular complexity index is 723. The van der Waals surface area contributed by atoms with Crippen LogP contribution in [-0.4, -0.2) is 56.1 Å². The lowest BCUT2D eigenvalue weighted by Crippen LogP contribution is -2.46. The Balaban J connectivity index is 1.58. The molecule has 0 N–H and O–H groups in total. The van der Waals surface area contributed by atoms with Gasteiger partial charge in [-0.2, -0.15) is 0 Å². The zero-order valence-electron chi connectivity index (χ0n) is 14.2. The fourth-order valence-corrected chi connectivity index (χ4v) is 3.75. The van der Waals surface area contributed by atoms with E-state index in [0.29, 0.717) is 0 Å². The number of anilines is 2. The molecule has 0 saturated carbocycles. The van der Waals surface area contributed by atoms with Crippen molar-refractivity contribution < 1.29 is 4.39 Å². The van der Waals surface area contributed by atoms with Gasteiger partial charge in [0.2, 0.25) is 0 Å². The third-order valence-electron chi connectivity index (χ3n) is 5.24. The van der Waals surface area contributed by atoms with Crippen molar-refractivity contribution in [3.63, 3.8) is 0 Å². The SMILES string of the molecule is CN1CCN(CCN2c3ccccc3Cc3ccc(F)cc32)CC1. The fourth-order valence-electron chi connectivity index (χ4n) is 3.75. The highest BCUT2D eigenvalue weighted by Crippen LogP contribution is 2.38. The molecular formula is C20H24FN3. The van der Waals surface area contributed by atoms with E-state index in [1.807, 2.05) is 6.07 Å². The van der Waals surface area contributed by atoms with E-state index in [4.69, 9.17) is 0 Å². The smallest absolute Gasteiger partial charge is 0.125 e. The number of para-hydroxylation sites is 1. The monoisotopic (exact) mass is 325 g/mol. The third-order valence-corrected chi connectivity index (χ3v) is 5.24. The minimum absolute atomic E-state index is 0.155. The van der Waals surface area contributed by atoms with Gasteiger partial charge in [0.15, 0.2) is 0 Å². The van der Waals surface area contributed by atoms with Crippen LogP contribution in [-0.2, 0) is 6.42 Å². The number of fused-ring (bicyclic) bond motifs is 2. The van der Waals surface area contributed by atoms with Gasteiger partial charge in [0, 0.05) is 57.1 Å². The fraction of sp³-hybridized carbons (Fsp3) is 0.400. The minimum atomic E-state index is -0.155. The summed E-state index contributed by atoms with van der Waals surface area (Å²) >= 11 is 0. The Morgan fingerprint density at radius 1 is 0.875 bits per heavy atom. The average Bonchev–Trinajstić information content (AvgIpc) is 2.60. The third kappa shape index (κ3) is 3.04. The van der Waals surface area contributed by atoms with E-state index >= 15 is 0 Å². The van der Waals surface area contributed by atoms with Gasteiger partial charge >= 0.3 is 0 Å². The van der Waals surface area contributed by atoms with Gasteiger partial charge in [0.25, 0.3) is 0 Å². The zero-order chi connectivity index (χ0) is 16.5. The number of piperazine rings is 1. The van der Waals surface area contributed by atoms with Crippen molar-refractivity contribution in [3.8, 4) is 0 Å². The number of benzene rings is 2. The first-order valence-electron chi connectivity index (χ1n) is 8.75. The van der Waals surface area contributed by atoms with Crippen LogP contribution in [0.1, 0.15) is 11.1 Å². The molecule has 1 fully saturated rings. The summed E-state index contributed by atoms with van der Waals surface area (Å²) in [6, 6.07) is 13.7. The Labute approximate surface area is 143 Å². The van der Waals surface area contributed by atoms with Gasteiger partial charge in [0.1, 0.15) is 5.82 Å². The van der Waals surface area contributed by atoms with E-state index in [9.17, 15) is 4.39 Å². The van der Waals surface area contributed by atoms with Crippen LogP contribution in [0.3, 0.4) is 0 Å². The predicted octanol–water partition coefficient (Wildman–Crippen LogP) is 3.12. The van der Waals surface area contributed by atoms with E-state index in [2.05, 4.69) is 46.0 Å². The summed E-state index contributed by atoms with van der Waals surface area (Å²) in [6.45, 7) is 6.39. The molecule has 126 valence electrons. The molecule has 0 spiro atoms. The molecule has 3 nitrogen and oxygen atoms in total. The molecule has 2 aliphatic rings. The zero-order valence-corrected chi connectivity index (χ0v) is 14.2. The first-order valence-corrected chi connectivity index (χ1v) is 8.75. The summed E-state index contributed by atoms with van der Waals surface area (Å²) in [5.41, 5.74) is 4.80. The number of hydrogen-bond donors (Lipinski definition) is 0. The molecule has 4 rings (SSSR count). The van der Waals surface area contributed by atoms with Crippen LogP contribution in [0.25, 0.3) is 0 Å². The second-order valence-electron chi connectivity index (χ2n) is 6.88. The van der Waals surface area contributed by atoms with Gasteiger partial charge in [-0.1, -0.05) is 24.3 Å². The van der Waals surface area contributed by atoms with Gasteiger partial charge in [-0.05, 0) is 36.4 Å². The molecule has 2 aromatic rings. The van der Waals surface area contributed by atoms with Crippen LogP contribution >= 0.6 is 0 Å². The number of likely N-dealkylation sites (N-methyl/N-ethyl adjacent to an activating group) is 1. The summed E-state index contributed by atoms with van der Waals surface area (Å²) in [5, 5.41) is 0. The lowest BCUT2D eigenvalue weighted by molar-refractivity contribution is 0.157. The molecule has 0 bridgehead atoms. The molecule has 2 aromatic carbocycles. The van der Waals surface area contributed by atoms with E-state index in [0.717, 1.165) is 51.4 Å². The molecule has 0 unspecified atom stereocenters. The van der Waals surface area contributed by atoms with Crippen molar-refractivity contribution in [2.45, 2.75) is 6.42 Å². The molecule has 2 heterocycles. The molecule has 0 radical (unpaired) electrons. The summed E-state index contributed by atoms with van der Waals surface area (Å²) in [6.07, 6.45) is 0.886. The summed E-state index contributed by atoms with van der Waals surface area (Å²) in [5.74, 6) is -0.155. The van der Waals surface area contributed by atoms with Crippen molar-refractivity contribution in [1.29, 1.82) is 0 Å². The van der Waals surface area contributed by atoms with Crippen molar-refractivity contribution in [3.05, 3.63) is 59.4 Å². The highest BCUT2D eigenvalue weighted by atomic mass is 19.1. The molecule has 1 saturated heterocycles. The topological polar surface area (TPSA) is 9.72 Å². The summed E-state index contributed by atoms with van der Waals surface area (Å²) in [4.78, 5) is 7.18. The maximum absolute atomic E-state index is 13.8. The van der Waals surface area contributed by atoms with Crippen LogP contribution in [0, 0.1) is 5.82 Å². The maximum atomic E-state index is 13.8. The van der Waals surface area contributed by atoms with Crippen LogP contribution < -0.4 is 4.90 Å². The lowest BCUT2D eigenvalue weighted by atomic mass is 9.95. The number of rotatable bonds is 3. The molecule has 0 aromatic heterocycles. The Kier molecular flexibility index (Phi) is 4.25. The Morgan fingerprint density at radius 3 is 2.46 bits per heavy atom. The Morgan fingerprint density at radius 2 is 1.62 bits per heavy atom. The second-order valence-corrected chi connectivity index (χ2v) is 6.88. The second kappa shape index (κ2) is 6.54. The highest BCUT2D eigenvalue weighted by Gasteiger charge is 2.23. The standard InChI is InChI=1S/C20H24FN3/c1-22-8-10-23(11-9-22)12-13-24-19-5-3-2-4-16(19)14-17-6-7-18(21)15-20(17)24/h2-7,15H,8-14H2,1H3. The maximum Gasteiger partial charge on any atom is 0.125 e. The number of nitrogens with zero attached hydrogens (tertiary/aromatic N) is 3. The molecule has 2 aliphatic heterocycles. The predicted molar refractivity (Wildman–Crippen MR) is 96.6 cm³/mol. The first-order chi connectivity index (χ1) is 11.7. The molecule has 0 amide bonds. The van der Waals surface area contributed by atoms with Crippen molar-refractivity contribution in [2.75, 3.05) is 51.2 Å². The van der Waals surface area contributed by atoms with Crippen LogP contribution in [0.4, 0.5) is 15.8 Å². The molecule has 0 aliphatic carbocycles. The van der Waals surface area contributed by atoms with Crippen LogP contribution in [0.15, 0.2) is 42.5 Å².